The van der Waals surface area contributed by atoms with Crippen LogP contribution >= 0.6 is 0 Å². The number of rotatable bonds is 7. The van der Waals surface area contributed by atoms with Crippen LogP contribution in [0.15, 0.2) is 42.5 Å². The number of ether oxygens (including phenoxy) is 3. The summed E-state index contributed by atoms with van der Waals surface area (Å²) in [6, 6.07) is 12.2. The third-order valence-electron chi connectivity index (χ3n) is 2.86. The van der Waals surface area contributed by atoms with Gasteiger partial charge >= 0.3 is 0 Å². The molecule has 0 aliphatic rings. The molecule has 3 nitrogen and oxygen atoms in total. The van der Waals surface area contributed by atoms with Gasteiger partial charge in [0.2, 0.25) is 13.7 Å². The van der Waals surface area contributed by atoms with Crippen molar-refractivity contribution in [2.24, 2.45) is 0 Å². The molecular formula is C17H18F2O3. The van der Waals surface area contributed by atoms with Crippen LogP contribution in [0.1, 0.15) is 13.8 Å². The fourth-order valence-electron chi connectivity index (χ4n) is 2.05. The first-order valence-electron chi connectivity index (χ1n) is 6.92. The van der Waals surface area contributed by atoms with E-state index >= 15 is 0 Å². The SMILES string of the molecule is CC(C)Oc1cccc(-c2cc(OCF)cc(OCF)c2)c1. The molecule has 0 saturated carbocycles. The van der Waals surface area contributed by atoms with Crippen LogP contribution in [-0.4, -0.2) is 19.8 Å². The highest BCUT2D eigenvalue weighted by Gasteiger charge is 2.07. The Hall–Kier alpha value is -2.30. The Bertz CT molecular complexity index is 590. The fraction of sp³-hybridized carbons (Fsp3) is 0.294. The van der Waals surface area contributed by atoms with E-state index in [-0.39, 0.29) is 17.6 Å². The molecule has 118 valence electrons. The van der Waals surface area contributed by atoms with E-state index in [4.69, 9.17) is 14.2 Å². The van der Waals surface area contributed by atoms with Gasteiger partial charge in [-0.15, -0.1) is 0 Å². The van der Waals surface area contributed by atoms with Crippen molar-refractivity contribution in [1.82, 2.24) is 0 Å². The number of benzene rings is 2. The lowest BCUT2D eigenvalue weighted by Crippen LogP contribution is -2.05. The van der Waals surface area contributed by atoms with Gasteiger partial charge < -0.3 is 14.2 Å². The zero-order chi connectivity index (χ0) is 15.9. The van der Waals surface area contributed by atoms with Crippen LogP contribution in [0.2, 0.25) is 0 Å². The summed E-state index contributed by atoms with van der Waals surface area (Å²) in [7, 11) is 0. The van der Waals surface area contributed by atoms with Crippen molar-refractivity contribution in [2.45, 2.75) is 20.0 Å². The average molecular weight is 308 g/mol. The predicted molar refractivity (Wildman–Crippen MR) is 80.8 cm³/mol. The summed E-state index contributed by atoms with van der Waals surface area (Å²) in [5.41, 5.74) is 1.56. The molecule has 2 rings (SSSR count). The summed E-state index contributed by atoms with van der Waals surface area (Å²) in [5.74, 6) is 1.27. The van der Waals surface area contributed by atoms with E-state index in [0.29, 0.717) is 0 Å². The number of alkyl halides is 2. The fourth-order valence-corrected chi connectivity index (χ4v) is 2.05. The molecule has 0 aliphatic heterocycles. The first-order valence-corrected chi connectivity index (χ1v) is 6.92. The van der Waals surface area contributed by atoms with Crippen molar-refractivity contribution in [1.29, 1.82) is 0 Å². The zero-order valence-corrected chi connectivity index (χ0v) is 12.5. The smallest absolute Gasteiger partial charge is 0.228 e. The molecule has 0 atom stereocenters. The maximum atomic E-state index is 12.4. The standard InChI is InChI=1S/C17H18F2O3/c1-12(2)22-15-5-3-4-13(6-15)14-7-16(20-10-18)9-17(8-14)21-11-19/h3-9,12H,10-11H2,1-2H3. The molecule has 0 unspecified atom stereocenters. The largest absolute Gasteiger partial charge is 0.491 e. The molecule has 0 radical (unpaired) electrons. The lowest BCUT2D eigenvalue weighted by Gasteiger charge is -2.12. The Morgan fingerprint density at radius 3 is 1.95 bits per heavy atom. The van der Waals surface area contributed by atoms with Gasteiger partial charge in [-0.25, -0.2) is 8.78 Å². The van der Waals surface area contributed by atoms with Crippen LogP contribution in [0.3, 0.4) is 0 Å². The topological polar surface area (TPSA) is 27.7 Å². The molecule has 0 N–H and O–H groups in total. The third kappa shape index (κ3) is 4.35. The second kappa shape index (κ2) is 7.64. The molecule has 0 bridgehead atoms. The van der Waals surface area contributed by atoms with Crippen LogP contribution < -0.4 is 14.2 Å². The molecule has 2 aromatic carbocycles. The predicted octanol–water partition coefficient (Wildman–Crippen LogP) is 4.75. The molecule has 5 heteroatoms. The Labute approximate surface area is 128 Å². The van der Waals surface area contributed by atoms with E-state index in [9.17, 15) is 8.78 Å². The number of hydrogen-bond acceptors (Lipinski definition) is 3. The molecule has 0 fully saturated rings. The van der Waals surface area contributed by atoms with Crippen LogP contribution in [-0.2, 0) is 0 Å². The minimum absolute atomic E-state index is 0.0573. The van der Waals surface area contributed by atoms with Crippen molar-refractivity contribution >= 4 is 0 Å². The summed E-state index contributed by atoms with van der Waals surface area (Å²) in [5, 5.41) is 0. The highest BCUT2D eigenvalue weighted by Crippen LogP contribution is 2.32. The molecule has 22 heavy (non-hydrogen) atoms. The summed E-state index contributed by atoms with van der Waals surface area (Å²) in [4.78, 5) is 0. The minimum Gasteiger partial charge on any atom is -0.491 e. The molecule has 2 aromatic rings. The van der Waals surface area contributed by atoms with Gasteiger partial charge in [-0.3, -0.25) is 0 Å². The van der Waals surface area contributed by atoms with Crippen molar-refractivity contribution in [2.75, 3.05) is 13.7 Å². The molecule has 0 aliphatic carbocycles. The van der Waals surface area contributed by atoms with Crippen LogP contribution in [0.5, 0.6) is 17.2 Å². The van der Waals surface area contributed by atoms with Gasteiger partial charge in [-0.05, 0) is 49.2 Å². The zero-order valence-electron chi connectivity index (χ0n) is 12.5. The Morgan fingerprint density at radius 2 is 1.41 bits per heavy atom. The second-order valence-electron chi connectivity index (χ2n) is 4.89. The molecular weight excluding hydrogens is 290 g/mol. The monoisotopic (exact) mass is 308 g/mol. The Morgan fingerprint density at radius 1 is 0.818 bits per heavy atom. The van der Waals surface area contributed by atoms with E-state index in [1.807, 2.05) is 38.1 Å². The second-order valence-corrected chi connectivity index (χ2v) is 4.89. The number of hydrogen-bond donors (Lipinski definition) is 0. The molecule has 0 aromatic heterocycles. The van der Waals surface area contributed by atoms with Gasteiger partial charge in [0.25, 0.3) is 0 Å². The average Bonchev–Trinajstić information content (AvgIpc) is 2.47. The van der Waals surface area contributed by atoms with Gasteiger partial charge in [0.1, 0.15) is 17.2 Å². The summed E-state index contributed by atoms with van der Waals surface area (Å²) in [6.45, 7) is 1.95. The lowest BCUT2D eigenvalue weighted by molar-refractivity contribution is 0.182. The van der Waals surface area contributed by atoms with E-state index in [2.05, 4.69) is 0 Å². The lowest BCUT2D eigenvalue weighted by atomic mass is 10.0. The minimum atomic E-state index is -0.963. The van der Waals surface area contributed by atoms with Gasteiger partial charge in [-0.1, -0.05) is 12.1 Å². The maximum absolute atomic E-state index is 12.4. The van der Waals surface area contributed by atoms with E-state index < -0.39 is 13.7 Å². The van der Waals surface area contributed by atoms with Crippen LogP contribution in [0.4, 0.5) is 8.78 Å². The van der Waals surface area contributed by atoms with Crippen molar-refractivity contribution < 1.29 is 23.0 Å². The quantitative estimate of drug-likeness (QED) is 0.738. The summed E-state index contributed by atoms with van der Waals surface area (Å²) < 4.78 is 40.1. The highest BCUT2D eigenvalue weighted by atomic mass is 19.1. The Kier molecular flexibility index (Phi) is 5.58. The van der Waals surface area contributed by atoms with E-state index in [0.717, 1.165) is 16.9 Å². The van der Waals surface area contributed by atoms with Gasteiger partial charge in [0.15, 0.2) is 0 Å². The molecule has 0 amide bonds. The maximum Gasteiger partial charge on any atom is 0.228 e. The molecule has 0 spiro atoms. The van der Waals surface area contributed by atoms with Gasteiger partial charge in [0, 0.05) is 6.07 Å². The van der Waals surface area contributed by atoms with Crippen molar-refractivity contribution in [3.8, 4) is 28.4 Å². The first-order chi connectivity index (χ1) is 10.6. The normalized spacial score (nSPS) is 10.6. The van der Waals surface area contributed by atoms with Gasteiger partial charge in [-0.2, -0.15) is 0 Å². The highest BCUT2D eigenvalue weighted by molar-refractivity contribution is 5.68. The summed E-state index contributed by atoms with van der Waals surface area (Å²) in [6.07, 6.45) is 0.0573. The van der Waals surface area contributed by atoms with E-state index in [1.165, 1.54) is 6.07 Å². The van der Waals surface area contributed by atoms with Crippen LogP contribution in [0.25, 0.3) is 11.1 Å². The molecule has 0 saturated heterocycles. The first kappa shape index (κ1) is 16.1. The third-order valence-corrected chi connectivity index (χ3v) is 2.86. The number of halogens is 2. The summed E-state index contributed by atoms with van der Waals surface area (Å²) >= 11 is 0. The Balaban J connectivity index is 2.37. The van der Waals surface area contributed by atoms with Crippen LogP contribution in [0, 0.1) is 0 Å². The van der Waals surface area contributed by atoms with Crippen molar-refractivity contribution in [3.05, 3.63) is 42.5 Å². The van der Waals surface area contributed by atoms with Gasteiger partial charge in [0.05, 0.1) is 6.10 Å². The molecule has 0 heterocycles. The van der Waals surface area contributed by atoms with E-state index in [1.54, 1.807) is 12.1 Å². The van der Waals surface area contributed by atoms with Crippen molar-refractivity contribution in [3.63, 3.8) is 0 Å².